The summed E-state index contributed by atoms with van der Waals surface area (Å²) in [6.07, 6.45) is 3.65. The Kier molecular flexibility index (Phi) is 11.2. The van der Waals surface area contributed by atoms with Gasteiger partial charge in [0.1, 0.15) is 0 Å². The minimum atomic E-state index is 0.0764. The fraction of sp³-hybridized carbons (Fsp3) is 0.400. The second-order valence-corrected chi connectivity index (χ2v) is 18.0. The summed E-state index contributed by atoms with van der Waals surface area (Å²) in [6.45, 7) is 32.1. The molecule has 5 rings (SSSR count). The highest BCUT2D eigenvalue weighted by Crippen LogP contribution is 2.45. The monoisotopic (exact) mass is 693 g/mol. The van der Waals surface area contributed by atoms with Crippen LogP contribution in [0.4, 0.5) is 34.1 Å². The van der Waals surface area contributed by atoms with E-state index in [2.05, 4.69) is 204 Å². The predicted octanol–water partition coefficient (Wildman–Crippen LogP) is 15.2. The molecule has 0 aliphatic rings. The van der Waals surface area contributed by atoms with Crippen LogP contribution in [0.1, 0.15) is 126 Å². The molecular formula is C50H64N2. The van der Waals surface area contributed by atoms with E-state index in [1.54, 1.807) is 0 Å². The van der Waals surface area contributed by atoms with Crippen LogP contribution in [0.2, 0.25) is 0 Å². The van der Waals surface area contributed by atoms with Crippen LogP contribution >= 0.6 is 0 Å². The molecule has 0 aliphatic carbocycles. The predicted molar refractivity (Wildman–Crippen MR) is 229 cm³/mol. The van der Waals surface area contributed by atoms with Gasteiger partial charge in [0, 0.05) is 22.7 Å². The van der Waals surface area contributed by atoms with Gasteiger partial charge in [-0.25, -0.2) is 0 Å². The summed E-state index contributed by atoms with van der Waals surface area (Å²) >= 11 is 0. The first-order valence-electron chi connectivity index (χ1n) is 19.4. The highest BCUT2D eigenvalue weighted by Gasteiger charge is 2.25. The van der Waals surface area contributed by atoms with E-state index in [1.165, 1.54) is 80.8 Å². The molecule has 2 heteroatoms. The second-order valence-electron chi connectivity index (χ2n) is 18.0. The van der Waals surface area contributed by atoms with E-state index in [0.717, 1.165) is 17.1 Å². The molecule has 0 spiro atoms. The molecular weight excluding hydrogens is 629 g/mol. The molecule has 0 heterocycles. The number of rotatable bonds is 10. The van der Waals surface area contributed by atoms with Crippen molar-refractivity contribution < 1.29 is 0 Å². The Labute approximate surface area is 316 Å². The minimum Gasteiger partial charge on any atom is -0.310 e. The van der Waals surface area contributed by atoms with Gasteiger partial charge >= 0.3 is 0 Å². The lowest BCUT2D eigenvalue weighted by molar-refractivity contribution is 0.458. The topological polar surface area (TPSA) is 6.48 Å². The third-order valence-electron chi connectivity index (χ3n) is 10.9. The molecule has 0 aliphatic heterocycles. The van der Waals surface area contributed by atoms with Crippen LogP contribution in [-0.4, -0.2) is 0 Å². The molecule has 0 unspecified atom stereocenters. The van der Waals surface area contributed by atoms with Crippen molar-refractivity contribution in [2.45, 2.75) is 132 Å². The molecule has 0 fully saturated rings. The summed E-state index contributed by atoms with van der Waals surface area (Å²) in [5.41, 5.74) is 17.9. The van der Waals surface area contributed by atoms with Gasteiger partial charge in [0.05, 0.1) is 11.4 Å². The quantitative estimate of drug-likeness (QED) is 0.144. The SMILES string of the molecule is CCCCC(C)(C)c1ccc(N(c2ccc(N(c3ccc(C)cc3)c3c(C)cc(C(C)(C)C)cc3C)cc2)c2c(C)cc(C(C)(C)C)cc2C)cc1. The third kappa shape index (κ3) is 8.33. The number of benzene rings is 5. The van der Waals surface area contributed by atoms with Crippen molar-refractivity contribution in [3.05, 3.63) is 142 Å². The maximum absolute atomic E-state index is 2.47. The summed E-state index contributed by atoms with van der Waals surface area (Å²) in [5, 5.41) is 0. The van der Waals surface area contributed by atoms with Crippen LogP contribution in [-0.2, 0) is 16.2 Å². The van der Waals surface area contributed by atoms with Crippen molar-refractivity contribution in [1.29, 1.82) is 0 Å². The lowest BCUT2D eigenvalue weighted by atomic mass is 9.80. The molecule has 0 saturated heterocycles. The average Bonchev–Trinajstić information content (AvgIpc) is 3.07. The largest absolute Gasteiger partial charge is 0.310 e. The molecule has 0 N–H and O–H groups in total. The number of nitrogens with zero attached hydrogens (tertiary/aromatic N) is 2. The third-order valence-corrected chi connectivity index (χ3v) is 10.9. The van der Waals surface area contributed by atoms with E-state index in [9.17, 15) is 0 Å². The van der Waals surface area contributed by atoms with E-state index in [1.807, 2.05) is 0 Å². The number of hydrogen-bond acceptors (Lipinski definition) is 2. The van der Waals surface area contributed by atoms with Crippen LogP contribution in [0.5, 0.6) is 0 Å². The number of hydrogen-bond donors (Lipinski definition) is 0. The van der Waals surface area contributed by atoms with E-state index >= 15 is 0 Å². The number of anilines is 6. The molecule has 0 radical (unpaired) electrons. The van der Waals surface area contributed by atoms with Crippen molar-refractivity contribution in [2.75, 3.05) is 9.80 Å². The van der Waals surface area contributed by atoms with Gasteiger partial charge in [0.25, 0.3) is 0 Å². The number of unbranched alkanes of at least 4 members (excludes halogenated alkanes) is 1. The molecule has 5 aromatic carbocycles. The molecule has 0 atom stereocenters. The van der Waals surface area contributed by atoms with Crippen LogP contribution < -0.4 is 9.80 Å². The average molecular weight is 693 g/mol. The maximum Gasteiger partial charge on any atom is 0.0520 e. The summed E-state index contributed by atoms with van der Waals surface area (Å²) < 4.78 is 0. The Morgan fingerprint density at radius 1 is 0.423 bits per heavy atom. The zero-order valence-electron chi connectivity index (χ0n) is 34.8. The minimum absolute atomic E-state index is 0.0764. The van der Waals surface area contributed by atoms with Crippen molar-refractivity contribution in [3.63, 3.8) is 0 Å². The highest BCUT2D eigenvalue weighted by molar-refractivity contribution is 5.85. The van der Waals surface area contributed by atoms with Crippen molar-refractivity contribution in [1.82, 2.24) is 0 Å². The lowest BCUT2D eigenvalue weighted by Crippen LogP contribution is -2.19. The van der Waals surface area contributed by atoms with E-state index in [4.69, 9.17) is 0 Å². The van der Waals surface area contributed by atoms with Gasteiger partial charge in [-0.3, -0.25) is 0 Å². The summed E-state index contributed by atoms with van der Waals surface area (Å²) in [6, 6.07) is 37.0. The zero-order valence-corrected chi connectivity index (χ0v) is 34.8. The summed E-state index contributed by atoms with van der Waals surface area (Å²) in [4.78, 5) is 4.90. The first kappa shape index (κ1) is 38.9. The van der Waals surface area contributed by atoms with E-state index < -0.39 is 0 Å². The normalized spacial score (nSPS) is 12.3. The van der Waals surface area contributed by atoms with Gasteiger partial charge in [-0.2, -0.15) is 0 Å². The molecule has 0 bridgehead atoms. The van der Waals surface area contributed by atoms with Gasteiger partial charge in [-0.15, -0.1) is 0 Å². The van der Waals surface area contributed by atoms with E-state index in [-0.39, 0.29) is 16.2 Å². The zero-order chi connectivity index (χ0) is 38.2. The standard InChI is InChI=1S/C50H64N2/c1-15-16-29-50(13,14)39-19-23-43(24-20-39)52(47-37(5)32-41(33-38(47)6)49(10,11)12)45-27-25-44(26-28-45)51(42-21-17-34(2)18-22-42)46-35(3)30-40(31-36(46)4)48(7,8)9/h17-28,30-33H,15-16,29H2,1-14H3. The first-order chi connectivity index (χ1) is 24.3. The van der Waals surface area contributed by atoms with Gasteiger partial charge < -0.3 is 9.80 Å². The molecule has 0 saturated carbocycles. The van der Waals surface area contributed by atoms with Crippen LogP contribution in [0.15, 0.2) is 97.1 Å². The van der Waals surface area contributed by atoms with Gasteiger partial charge in [-0.1, -0.05) is 129 Å². The molecule has 0 aromatic heterocycles. The fourth-order valence-electron chi connectivity index (χ4n) is 7.57. The fourth-order valence-corrected chi connectivity index (χ4v) is 7.57. The van der Waals surface area contributed by atoms with Gasteiger partial charge in [0.15, 0.2) is 0 Å². The van der Waals surface area contributed by atoms with Crippen LogP contribution in [0, 0.1) is 34.6 Å². The maximum atomic E-state index is 2.47. The summed E-state index contributed by atoms with van der Waals surface area (Å²) in [5.74, 6) is 0. The molecule has 274 valence electrons. The Morgan fingerprint density at radius 2 is 0.731 bits per heavy atom. The molecule has 52 heavy (non-hydrogen) atoms. The van der Waals surface area contributed by atoms with Crippen LogP contribution in [0.3, 0.4) is 0 Å². The van der Waals surface area contributed by atoms with Crippen molar-refractivity contribution in [3.8, 4) is 0 Å². The number of aryl methyl sites for hydroxylation is 5. The second kappa shape index (κ2) is 15.0. The Balaban J connectivity index is 1.67. The molecule has 5 aromatic rings. The van der Waals surface area contributed by atoms with Crippen LogP contribution in [0.25, 0.3) is 0 Å². The Morgan fingerprint density at radius 3 is 1.04 bits per heavy atom. The molecule has 0 amide bonds. The smallest absolute Gasteiger partial charge is 0.0520 e. The van der Waals surface area contributed by atoms with E-state index in [0.29, 0.717) is 0 Å². The Bertz CT molecular complexity index is 1930. The highest BCUT2D eigenvalue weighted by atomic mass is 15.2. The van der Waals surface area contributed by atoms with Crippen molar-refractivity contribution in [2.24, 2.45) is 0 Å². The molecule has 2 nitrogen and oxygen atoms in total. The van der Waals surface area contributed by atoms with Gasteiger partial charge in [-0.05, 0) is 145 Å². The van der Waals surface area contributed by atoms with Crippen molar-refractivity contribution >= 4 is 34.1 Å². The van der Waals surface area contributed by atoms with Gasteiger partial charge in [0.2, 0.25) is 0 Å². The summed E-state index contributed by atoms with van der Waals surface area (Å²) in [7, 11) is 0. The first-order valence-corrected chi connectivity index (χ1v) is 19.4. The Hall–Kier alpha value is -4.30. The lowest BCUT2D eigenvalue weighted by Gasteiger charge is -2.33.